The van der Waals surface area contributed by atoms with Crippen molar-refractivity contribution in [1.82, 2.24) is 0 Å². The number of hydrogen-bond donors (Lipinski definition) is 2. The van der Waals surface area contributed by atoms with Crippen molar-refractivity contribution in [2.45, 2.75) is 196 Å². The third kappa shape index (κ3) is 7.44. The Morgan fingerprint density at radius 3 is 1.62 bits per heavy atom. The molecule has 8 bridgehead atoms. The van der Waals surface area contributed by atoms with Crippen molar-refractivity contribution in [2.24, 2.45) is 34.0 Å². The van der Waals surface area contributed by atoms with Gasteiger partial charge in [0.2, 0.25) is 0 Å². The van der Waals surface area contributed by atoms with Crippen LogP contribution in [0.2, 0.25) is 0 Å². The first-order valence-electron chi connectivity index (χ1n) is 16.8. The van der Waals surface area contributed by atoms with Crippen LogP contribution in [0.15, 0.2) is 0 Å². The fourth-order valence-electron chi connectivity index (χ4n) is 11.3. The molecule has 8 nitrogen and oxygen atoms in total. The van der Waals surface area contributed by atoms with Gasteiger partial charge in [-0.05, 0) is 124 Å². The zero-order valence-electron chi connectivity index (χ0n) is 27.5. The van der Waals surface area contributed by atoms with Crippen molar-refractivity contribution >= 4 is 17.9 Å². The van der Waals surface area contributed by atoms with E-state index in [-0.39, 0.29) is 54.0 Å². The Morgan fingerprint density at radius 1 is 0.660 bits per heavy atom. The maximum absolute atomic E-state index is 14.1. The molecule has 5 unspecified atom stereocenters. The van der Waals surface area contributed by atoms with Crippen molar-refractivity contribution in [3.05, 3.63) is 0 Å². The minimum atomic E-state index is -0.991. The monoisotopic (exact) mass is 667 g/mol. The molecule has 2 N–H and O–H groups in total. The molecular formula is C39H70O8. The maximum Gasteiger partial charge on any atom is 0.312 e. The van der Waals surface area contributed by atoms with Gasteiger partial charge < -0.3 is 24.4 Å². The van der Waals surface area contributed by atoms with Gasteiger partial charge in [0.05, 0.1) is 27.4 Å². The molecule has 5 atom stereocenters. The molecule has 8 fully saturated rings. The van der Waals surface area contributed by atoms with E-state index >= 15 is 0 Å². The van der Waals surface area contributed by atoms with Crippen LogP contribution in [0.5, 0.6) is 0 Å². The van der Waals surface area contributed by atoms with Crippen LogP contribution in [-0.2, 0) is 28.6 Å². The second-order valence-electron chi connectivity index (χ2n) is 18.3. The summed E-state index contributed by atoms with van der Waals surface area (Å²) in [7, 11) is 0. The summed E-state index contributed by atoms with van der Waals surface area (Å²) in [5.74, 6) is -0.0436. The lowest BCUT2D eigenvalue weighted by atomic mass is 9.47. The van der Waals surface area contributed by atoms with Gasteiger partial charge in [0.25, 0.3) is 0 Å². The van der Waals surface area contributed by atoms with Crippen LogP contribution >= 0.6 is 0 Å². The van der Waals surface area contributed by atoms with Crippen LogP contribution in [0.1, 0.15) is 168 Å². The Hall–Kier alpha value is -1.67. The summed E-state index contributed by atoms with van der Waals surface area (Å²) in [6.45, 7) is 13.2. The molecule has 0 aromatic rings. The van der Waals surface area contributed by atoms with Gasteiger partial charge >= 0.3 is 17.9 Å². The van der Waals surface area contributed by atoms with Crippen LogP contribution in [0.25, 0.3) is 0 Å². The number of carbonyl (C=O) groups excluding carboxylic acids is 3. The summed E-state index contributed by atoms with van der Waals surface area (Å²) < 4.78 is 18.7. The largest absolute Gasteiger partial charge is 0.460 e. The molecular weight excluding hydrogens is 596 g/mol. The van der Waals surface area contributed by atoms with Gasteiger partial charge in [-0.25, -0.2) is 0 Å². The zero-order chi connectivity index (χ0) is 31.5. The molecule has 0 aromatic heterocycles. The SMILES string of the molecule is C.C.C.C.CCC(C)(CC(C)(C)C(=O)OC12CC3CC(O)(CC(O)(C3)C1)C2)C(=O)OC12CC3CC(C1)CC(C(=O)OC(C)(C)C)(C3)C2. The Bertz CT molecular complexity index is 1170. The topological polar surface area (TPSA) is 119 Å². The second-order valence-corrected chi connectivity index (χ2v) is 18.3. The molecule has 0 spiro atoms. The van der Waals surface area contributed by atoms with Crippen LogP contribution in [0.3, 0.4) is 0 Å². The number of aliphatic hydroxyl groups is 2. The summed E-state index contributed by atoms with van der Waals surface area (Å²) in [4.78, 5) is 41.5. The van der Waals surface area contributed by atoms with E-state index in [0.29, 0.717) is 63.2 Å². The molecule has 8 rings (SSSR count). The Balaban J connectivity index is 0.00000192. The summed E-state index contributed by atoms with van der Waals surface area (Å²) in [6.07, 6.45) is 8.51. The van der Waals surface area contributed by atoms with Crippen LogP contribution in [-0.4, -0.2) is 56.1 Å². The van der Waals surface area contributed by atoms with Crippen LogP contribution in [0, 0.1) is 34.0 Å². The molecule has 0 saturated heterocycles. The van der Waals surface area contributed by atoms with E-state index in [9.17, 15) is 24.6 Å². The molecule has 8 heteroatoms. The molecule has 0 radical (unpaired) electrons. The molecule has 8 aliphatic rings. The molecule has 47 heavy (non-hydrogen) atoms. The van der Waals surface area contributed by atoms with Gasteiger partial charge in [-0.15, -0.1) is 0 Å². The molecule has 274 valence electrons. The predicted molar refractivity (Wildman–Crippen MR) is 185 cm³/mol. The van der Waals surface area contributed by atoms with Crippen molar-refractivity contribution in [2.75, 3.05) is 0 Å². The van der Waals surface area contributed by atoms with Gasteiger partial charge in [-0.1, -0.05) is 36.6 Å². The Labute approximate surface area is 286 Å². The molecule has 8 saturated carbocycles. The third-order valence-electron chi connectivity index (χ3n) is 12.1. The predicted octanol–water partition coefficient (Wildman–Crippen LogP) is 8.33. The Morgan fingerprint density at radius 2 is 1.15 bits per heavy atom. The van der Waals surface area contributed by atoms with Gasteiger partial charge in [-0.3, -0.25) is 14.4 Å². The van der Waals surface area contributed by atoms with Crippen molar-refractivity contribution in [1.29, 1.82) is 0 Å². The molecule has 0 aliphatic heterocycles. The quantitative estimate of drug-likeness (QED) is 0.196. The Kier molecular flexibility index (Phi) is 11.1. The molecule has 0 aromatic carbocycles. The first kappa shape index (κ1) is 41.5. The lowest BCUT2D eigenvalue weighted by Crippen LogP contribution is -2.67. The van der Waals surface area contributed by atoms with E-state index in [0.717, 1.165) is 32.1 Å². The number of rotatable bonds is 8. The van der Waals surface area contributed by atoms with E-state index in [1.54, 1.807) is 0 Å². The fourth-order valence-corrected chi connectivity index (χ4v) is 11.3. The highest BCUT2D eigenvalue weighted by atomic mass is 16.6. The third-order valence-corrected chi connectivity index (χ3v) is 12.1. The number of hydrogen-bond acceptors (Lipinski definition) is 8. The van der Waals surface area contributed by atoms with Gasteiger partial charge in [-0.2, -0.15) is 0 Å². The summed E-state index contributed by atoms with van der Waals surface area (Å²) >= 11 is 0. The minimum absolute atomic E-state index is 0. The standard InChI is InChI=1S/C35H54O8.4CH4/c1-8-30(7,17-29(5,6)25(36)42-35-16-24-12-32(39,20-35)19-33(40,13-24)21-35)26(37)43-34-14-22-9-23(15-34)11-31(10-22,18-34)27(38)41-28(2,3)4;;;;/h22-24,39-40H,8-21H2,1-7H3;4*1H4. The smallest absolute Gasteiger partial charge is 0.312 e. The molecule has 0 heterocycles. The summed E-state index contributed by atoms with van der Waals surface area (Å²) in [6, 6.07) is 0. The zero-order valence-corrected chi connectivity index (χ0v) is 27.5. The lowest BCUT2D eigenvalue weighted by Gasteiger charge is -2.62. The number of carbonyl (C=O) groups is 3. The van der Waals surface area contributed by atoms with E-state index in [2.05, 4.69) is 0 Å². The first-order chi connectivity index (χ1) is 19.6. The molecule has 8 aliphatic carbocycles. The summed E-state index contributed by atoms with van der Waals surface area (Å²) in [5, 5.41) is 22.3. The normalized spacial score (nSPS) is 40.4. The maximum atomic E-state index is 14.1. The molecule has 0 amide bonds. The van der Waals surface area contributed by atoms with Crippen molar-refractivity contribution < 1.29 is 38.8 Å². The van der Waals surface area contributed by atoms with Crippen molar-refractivity contribution in [3.63, 3.8) is 0 Å². The van der Waals surface area contributed by atoms with E-state index < -0.39 is 50.2 Å². The second kappa shape index (κ2) is 12.6. The van der Waals surface area contributed by atoms with Gasteiger partial charge in [0.15, 0.2) is 0 Å². The average Bonchev–Trinajstić information content (AvgIpc) is 2.78. The van der Waals surface area contributed by atoms with Gasteiger partial charge in [0, 0.05) is 25.7 Å². The first-order valence-corrected chi connectivity index (χ1v) is 16.8. The average molecular weight is 667 g/mol. The minimum Gasteiger partial charge on any atom is -0.460 e. The highest BCUT2D eigenvalue weighted by molar-refractivity contribution is 5.81. The van der Waals surface area contributed by atoms with Crippen molar-refractivity contribution in [3.8, 4) is 0 Å². The van der Waals surface area contributed by atoms with Crippen LogP contribution in [0.4, 0.5) is 0 Å². The van der Waals surface area contributed by atoms with E-state index in [4.69, 9.17) is 14.2 Å². The van der Waals surface area contributed by atoms with Crippen LogP contribution < -0.4 is 0 Å². The number of esters is 3. The van der Waals surface area contributed by atoms with Gasteiger partial charge in [0.1, 0.15) is 16.8 Å². The van der Waals surface area contributed by atoms with E-state index in [1.807, 2.05) is 48.5 Å². The highest BCUT2D eigenvalue weighted by Crippen LogP contribution is 2.64. The van der Waals surface area contributed by atoms with E-state index in [1.165, 1.54) is 0 Å². The fraction of sp³-hybridized carbons (Fsp3) is 0.923. The number of ether oxygens (including phenoxy) is 3. The highest BCUT2D eigenvalue weighted by Gasteiger charge is 2.66. The lowest BCUT2D eigenvalue weighted by molar-refractivity contribution is -0.264. The summed E-state index contributed by atoms with van der Waals surface area (Å²) in [5.41, 5.74) is -6.62.